The maximum absolute atomic E-state index is 12.2. The Morgan fingerprint density at radius 1 is 1.19 bits per heavy atom. The van der Waals surface area contributed by atoms with Crippen molar-refractivity contribution in [3.8, 4) is 17.0 Å². The second kappa shape index (κ2) is 10.8. The summed E-state index contributed by atoms with van der Waals surface area (Å²) in [6.45, 7) is 2.22. The molecule has 2 aromatic rings. The van der Waals surface area contributed by atoms with Crippen molar-refractivity contribution in [2.24, 2.45) is 0 Å². The van der Waals surface area contributed by atoms with Gasteiger partial charge in [0, 0.05) is 16.9 Å². The quantitative estimate of drug-likeness (QED) is 0.418. The number of thiazole rings is 1. The summed E-state index contributed by atoms with van der Waals surface area (Å²) < 4.78 is 5.32. The van der Waals surface area contributed by atoms with E-state index in [0.717, 1.165) is 42.3 Å². The van der Waals surface area contributed by atoms with E-state index in [-0.39, 0.29) is 23.0 Å². The van der Waals surface area contributed by atoms with Gasteiger partial charge in [-0.25, -0.2) is 4.98 Å². The van der Waals surface area contributed by atoms with Crippen LogP contribution in [0.2, 0.25) is 0 Å². The fraction of sp³-hybridized carbons (Fsp3) is 0.524. The van der Waals surface area contributed by atoms with E-state index in [4.69, 9.17) is 9.72 Å². The van der Waals surface area contributed by atoms with Crippen molar-refractivity contribution in [1.29, 1.82) is 0 Å². The van der Waals surface area contributed by atoms with Crippen molar-refractivity contribution in [3.63, 3.8) is 0 Å². The van der Waals surface area contributed by atoms with Gasteiger partial charge in [0.25, 0.3) is 0 Å². The number of nitrogens with one attached hydrogen (secondary N) is 1. The van der Waals surface area contributed by atoms with Gasteiger partial charge in [-0.15, -0.1) is 11.3 Å². The molecule has 1 aromatic carbocycles. The van der Waals surface area contributed by atoms with Crippen molar-refractivity contribution in [1.82, 2.24) is 4.98 Å². The first kappa shape index (κ1) is 21.9. The Morgan fingerprint density at radius 2 is 1.96 bits per heavy atom. The van der Waals surface area contributed by atoms with Crippen LogP contribution in [0.15, 0.2) is 18.2 Å². The van der Waals surface area contributed by atoms with Crippen LogP contribution >= 0.6 is 11.3 Å². The first-order valence-corrected chi connectivity index (χ1v) is 10.5. The normalized spacial score (nSPS) is 11.9. The molecule has 0 spiro atoms. The van der Waals surface area contributed by atoms with Crippen LogP contribution in [0.4, 0.5) is 5.13 Å². The molecule has 0 aliphatic heterocycles. The molecule has 0 atom stereocenters. The summed E-state index contributed by atoms with van der Waals surface area (Å²) >= 11 is 1.61. The molecule has 1 N–H and O–H groups in total. The molecule has 6 heteroatoms. The molecule has 145 valence electrons. The summed E-state index contributed by atoms with van der Waals surface area (Å²) in [6, 6.07) is 6.15. The van der Waals surface area contributed by atoms with Gasteiger partial charge in [0.15, 0.2) is 5.13 Å². The van der Waals surface area contributed by atoms with E-state index in [0.29, 0.717) is 6.42 Å². The smallest absolute Gasteiger partial charge is 0.497 e. The number of ether oxygens (including phenoxy) is 1. The molecular formula is C21H28MnN2O2S+2. The summed E-state index contributed by atoms with van der Waals surface area (Å²) in [5.41, 5.74) is 3.46. The first-order valence-electron chi connectivity index (χ1n) is 9.68. The number of rotatable bonds is 9. The van der Waals surface area contributed by atoms with Crippen LogP contribution < -0.4 is 10.1 Å². The van der Waals surface area contributed by atoms with Crippen LogP contribution in [0.25, 0.3) is 11.3 Å². The monoisotopic (exact) mass is 427 g/mol. The van der Waals surface area contributed by atoms with Crippen LogP contribution in [0.5, 0.6) is 5.75 Å². The Hall–Kier alpha value is -1.36. The zero-order valence-corrected chi connectivity index (χ0v) is 18.1. The number of aromatic nitrogens is 1. The molecule has 1 aliphatic rings. The Morgan fingerprint density at radius 3 is 2.74 bits per heavy atom. The van der Waals surface area contributed by atoms with E-state index >= 15 is 0 Å². The van der Waals surface area contributed by atoms with Gasteiger partial charge in [-0.3, -0.25) is 4.79 Å². The van der Waals surface area contributed by atoms with Crippen LogP contribution in [0.1, 0.15) is 62.3 Å². The minimum Gasteiger partial charge on any atom is -0.497 e. The molecule has 4 nitrogen and oxygen atoms in total. The minimum atomic E-state index is 0. The van der Waals surface area contributed by atoms with Gasteiger partial charge in [0.2, 0.25) is 5.91 Å². The number of anilines is 1. The molecule has 27 heavy (non-hydrogen) atoms. The Kier molecular flexibility index (Phi) is 8.81. The number of carbonyl (C=O) groups is 1. The molecule has 0 bridgehead atoms. The average Bonchev–Trinajstić information content (AvgIpc) is 3.06. The molecule has 0 saturated heterocycles. The van der Waals surface area contributed by atoms with Gasteiger partial charge < -0.3 is 10.1 Å². The SMILES string of the molecule is CCCCCCCCC(=O)Nc1nc2c(s1)CCc1cc(OC)ccc1-2.[Mn+2]. The Balaban J connectivity index is 0.00000261. The predicted molar refractivity (Wildman–Crippen MR) is 108 cm³/mol. The Labute approximate surface area is 176 Å². The van der Waals surface area contributed by atoms with E-state index < -0.39 is 0 Å². The number of amides is 1. The van der Waals surface area contributed by atoms with Gasteiger partial charge >= 0.3 is 17.1 Å². The van der Waals surface area contributed by atoms with E-state index in [1.807, 2.05) is 6.07 Å². The summed E-state index contributed by atoms with van der Waals surface area (Å²) in [4.78, 5) is 18.1. The number of unbranched alkanes of at least 4 members (excludes halogenated alkanes) is 5. The number of nitrogens with zero attached hydrogens (tertiary/aromatic N) is 1. The second-order valence-corrected chi connectivity index (χ2v) is 7.96. The van der Waals surface area contributed by atoms with E-state index in [1.54, 1.807) is 18.4 Å². The number of fused-ring (bicyclic) bond motifs is 3. The van der Waals surface area contributed by atoms with Gasteiger partial charge in [-0.05, 0) is 43.0 Å². The van der Waals surface area contributed by atoms with E-state index in [1.165, 1.54) is 41.7 Å². The fourth-order valence-corrected chi connectivity index (χ4v) is 4.41. The standard InChI is InChI=1S/C21H28N2O2S.Mn/c1-3-4-5-6-7-8-9-19(24)22-21-23-20-17-12-11-16(25-2)14-15(17)10-13-18(20)26-21;/h11-12,14H,3-10,13H2,1-2H3,(H,22,23,24);/q;+2. The molecule has 0 saturated carbocycles. The summed E-state index contributed by atoms with van der Waals surface area (Å²) in [7, 11) is 1.69. The molecular weight excluding hydrogens is 399 g/mol. The zero-order chi connectivity index (χ0) is 18.4. The molecule has 1 aromatic heterocycles. The topological polar surface area (TPSA) is 51.2 Å². The van der Waals surface area contributed by atoms with Crippen LogP contribution in [0.3, 0.4) is 0 Å². The van der Waals surface area contributed by atoms with Gasteiger partial charge in [-0.2, -0.15) is 0 Å². The van der Waals surface area contributed by atoms with Gasteiger partial charge in [0.05, 0.1) is 12.8 Å². The maximum Gasteiger partial charge on any atom is 2.00 e. The van der Waals surface area contributed by atoms with Crippen molar-refractivity contribution in [3.05, 3.63) is 28.6 Å². The van der Waals surface area contributed by atoms with Crippen LogP contribution in [0, 0.1) is 0 Å². The molecule has 0 fully saturated rings. The third-order valence-corrected chi connectivity index (χ3v) is 5.92. The number of hydrogen-bond donors (Lipinski definition) is 1. The average molecular weight is 427 g/mol. The molecule has 0 unspecified atom stereocenters. The van der Waals surface area contributed by atoms with E-state index in [9.17, 15) is 4.79 Å². The summed E-state index contributed by atoms with van der Waals surface area (Å²) in [6.07, 6.45) is 9.71. The number of carbonyl (C=O) groups excluding carboxylic acids is 1. The predicted octanol–water partition coefficient (Wildman–Crippen LogP) is 5.60. The van der Waals surface area contributed by atoms with Crippen molar-refractivity contribution < 1.29 is 26.6 Å². The maximum atomic E-state index is 12.2. The number of hydrogen-bond acceptors (Lipinski definition) is 4. The molecule has 1 amide bonds. The largest absolute Gasteiger partial charge is 2.00 e. The van der Waals surface area contributed by atoms with Gasteiger partial charge in [-0.1, -0.05) is 39.0 Å². The third kappa shape index (κ3) is 5.81. The van der Waals surface area contributed by atoms with Crippen molar-refractivity contribution in [2.75, 3.05) is 12.4 Å². The van der Waals surface area contributed by atoms with Crippen LogP contribution in [-0.4, -0.2) is 18.0 Å². The van der Waals surface area contributed by atoms with Crippen molar-refractivity contribution in [2.45, 2.75) is 64.7 Å². The fourth-order valence-electron chi connectivity index (χ4n) is 3.42. The Bertz CT molecular complexity index is 761. The van der Waals surface area contributed by atoms with Crippen LogP contribution in [-0.2, 0) is 34.7 Å². The number of benzene rings is 1. The zero-order valence-electron chi connectivity index (χ0n) is 16.1. The third-order valence-electron chi connectivity index (χ3n) is 4.89. The second-order valence-electron chi connectivity index (χ2n) is 6.88. The van der Waals surface area contributed by atoms with Gasteiger partial charge in [0.1, 0.15) is 5.75 Å². The number of methoxy groups -OCH3 is 1. The summed E-state index contributed by atoms with van der Waals surface area (Å²) in [5, 5.41) is 3.73. The van der Waals surface area contributed by atoms with E-state index in [2.05, 4.69) is 24.4 Å². The number of aryl methyl sites for hydroxylation is 2. The first-order chi connectivity index (χ1) is 12.7. The molecule has 1 aliphatic carbocycles. The van der Waals surface area contributed by atoms with Crippen molar-refractivity contribution >= 4 is 22.4 Å². The molecule has 1 radical (unpaired) electrons. The summed E-state index contributed by atoms with van der Waals surface area (Å²) in [5.74, 6) is 0.969. The molecule has 1 heterocycles. The minimum absolute atomic E-state index is 0. The molecule has 3 rings (SSSR count).